The van der Waals surface area contributed by atoms with Gasteiger partial charge in [0.05, 0.1) is 18.4 Å². The molecule has 27 heavy (non-hydrogen) atoms. The van der Waals surface area contributed by atoms with Crippen molar-refractivity contribution in [2.45, 2.75) is 26.9 Å². The minimum absolute atomic E-state index is 0.0283. The summed E-state index contributed by atoms with van der Waals surface area (Å²) >= 11 is 0. The number of Topliss-reactive ketones (excluding diaryl/α,β-unsaturated/α-hetero) is 1. The van der Waals surface area contributed by atoms with Gasteiger partial charge in [0.1, 0.15) is 12.4 Å². The number of hydrazone groups is 1. The molecule has 0 saturated carbocycles. The molecule has 0 aliphatic carbocycles. The summed E-state index contributed by atoms with van der Waals surface area (Å²) in [5.41, 5.74) is 3.70. The van der Waals surface area contributed by atoms with Crippen LogP contribution in [0.1, 0.15) is 46.5 Å². The van der Waals surface area contributed by atoms with Gasteiger partial charge in [-0.2, -0.15) is 5.10 Å². The molecule has 2 aromatic rings. The zero-order valence-electron chi connectivity index (χ0n) is 15.7. The Kier molecular flexibility index (Phi) is 5.54. The van der Waals surface area contributed by atoms with Crippen molar-refractivity contribution in [1.82, 2.24) is 0 Å². The van der Waals surface area contributed by atoms with Gasteiger partial charge >= 0.3 is 5.97 Å². The van der Waals surface area contributed by atoms with Crippen molar-refractivity contribution in [2.75, 3.05) is 18.7 Å². The van der Waals surface area contributed by atoms with Gasteiger partial charge in [0, 0.05) is 29.8 Å². The molecule has 0 saturated heterocycles. The molecule has 0 radical (unpaired) electrons. The number of anilines is 1. The summed E-state index contributed by atoms with van der Waals surface area (Å²) in [5.74, 6) is 0.0870. The molecule has 1 heterocycles. The molecule has 0 atom stereocenters. The molecule has 0 fully saturated rings. The number of hydrogen-bond donors (Lipinski definition) is 0. The Morgan fingerprint density at radius 2 is 1.81 bits per heavy atom. The summed E-state index contributed by atoms with van der Waals surface area (Å²) in [6, 6.07) is 12.2. The third-order valence-corrected chi connectivity index (χ3v) is 4.42. The molecular formula is C21H22N2O4. The lowest BCUT2D eigenvalue weighted by Crippen LogP contribution is -2.12. The first-order valence-corrected chi connectivity index (χ1v) is 8.74. The number of rotatable bonds is 6. The lowest BCUT2D eigenvalue weighted by atomic mass is 10.1. The van der Waals surface area contributed by atoms with Crippen LogP contribution in [-0.4, -0.2) is 31.1 Å². The fraction of sp³-hybridized carbons (Fsp3) is 0.286. The van der Waals surface area contributed by atoms with Crippen molar-refractivity contribution in [3.63, 3.8) is 0 Å². The Hall–Kier alpha value is -3.15. The Labute approximate surface area is 158 Å². The van der Waals surface area contributed by atoms with Crippen LogP contribution in [0.5, 0.6) is 5.75 Å². The largest absolute Gasteiger partial charge is 0.496 e. The summed E-state index contributed by atoms with van der Waals surface area (Å²) in [4.78, 5) is 23.9. The van der Waals surface area contributed by atoms with Crippen LogP contribution in [0.4, 0.5) is 5.69 Å². The van der Waals surface area contributed by atoms with E-state index in [0.717, 1.165) is 24.4 Å². The molecule has 0 unspecified atom stereocenters. The van der Waals surface area contributed by atoms with Crippen LogP contribution in [-0.2, 0) is 11.3 Å². The maximum Gasteiger partial charge on any atom is 0.338 e. The number of ether oxygens (including phenoxy) is 2. The van der Waals surface area contributed by atoms with Crippen LogP contribution in [0, 0.1) is 0 Å². The third kappa shape index (κ3) is 4.34. The number of methoxy groups -OCH3 is 1. The number of carbonyl (C=O) groups is 2. The molecule has 1 aliphatic heterocycles. The first-order valence-electron chi connectivity index (χ1n) is 8.74. The number of benzene rings is 2. The van der Waals surface area contributed by atoms with Gasteiger partial charge in [-0.15, -0.1) is 0 Å². The normalized spacial score (nSPS) is 13.3. The van der Waals surface area contributed by atoms with Gasteiger partial charge in [-0.25, -0.2) is 4.79 Å². The Balaban J connectivity index is 1.67. The van der Waals surface area contributed by atoms with Gasteiger partial charge in [-0.3, -0.25) is 9.80 Å². The topological polar surface area (TPSA) is 68.2 Å². The second-order valence-electron chi connectivity index (χ2n) is 6.41. The minimum atomic E-state index is -0.432. The fourth-order valence-corrected chi connectivity index (χ4v) is 2.87. The molecule has 140 valence electrons. The Morgan fingerprint density at radius 3 is 2.41 bits per heavy atom. The van der Waals surface area contributed by atoms with Crippen molar-refractivity contribution in [2.24, 2.45) is 5.10 Å². The van der Waals surface area contributed by atoms with E-state index >= 15 is 0 Å². The summed E-state index contributed by atoms with van der Waals surface area (Å²) in [7, 11) is 1.54. The second kappa shape index (κ2) is 8.03. The summed E-state index contributed by atoms with van der Waals surface area (Å²) in [5, 5.41) is 6.36. The van der Waals surface area contributed by atoms with Crippen molar-refractivity contribution in [3.8, 4) is 5.75 Å². The average Bonchev–Trinajstić information content (AvgIpc) is 3.12. The van der Waals surface area contributed by atoms with E-state index < -0.39 is 5.97 Å². The Bertz CT molecular complexity index is 888. The van der Waals surface area contributed by atoms with Crippen LogP contribution in [0.15, 0.2) is 47.6 Å². The summed E-state index contributed by atoms with van der Waals surface area (Å²) in [6.07, 6.45) is 0.949. The van der Waals surface area contributed by atoms with Crippen LogP contribution in [0.3, 0.4) is 0 Å². The van der Waals surface area contributed by atoms with E-state index in [0.29, 0.717) is 22.4 Å². The quantitative estimate of drug-likeness (QED) is 0.574. The molecule has 1 aliphatic rings. The van der Waals surface area contributed by atoms with Gasteiger partial charge in [-0.05, 0) is 56.3 Å². The average molecular weight is 366 g/mol. The van der Waals surface area contributed by atoms with Crippen molar-refractivity contribution in [1.29, 1.82) is 0 Å². The monoisotopic (exact) mass is 366 g/mol. The highest BCUT2D eigenvalue weighted by Gasteiger charge is 2.15. The van der Waals surface area contributed by atoms with Gasteiger partial charge in [0.25, 0.3) is 0 Å². The standard InChI is InChI=1S/C21H22N2O4/c1-14-10-11-23(22-14)19-7-4-16(5-8-19)21(25)27-13-18-12-17(15(2)24)6-9-20(18)26-3/h4-9,12H,10-11,13H2,1-3H3. The minimum Gasteiger partial charge on any atom is -0.496 e. The number of ketones is 1. The van der Waals surface area contributed by atoms with Crippen LogP contribution in [0.25, 0.3) is 0 Å². The SMILES string of the molecule is COc1ccc(C(C)=O)cc1COC(=O)c1ccc(N2CCC(C)=N2)cc1. The molecule has 3 rings (SSSR count). The molecule has 2 aromatic carbocycles. The van der Waals surface area contributed by atoms with E-state index in [4.69, 9.17) is 9.47 Å². The Morgan fingerprint density at radius 1 is 1.11 bits per heavy atom. The lowest BCUT2D eigenvalue weighted by molar-refractivity contribution is 0.0470. The first kappa shape index (κ1) is 18.6. The number of hydrogen-bond acceptors (Lipinski definition) is 6. The highest BCUT2D eigenvalue weighted by atomic mass is 16.5. The maximum absolute atomic E-state index is 12.3. The fourth-order valence-electron chi connectivity index (χ4n) is 2.87. The van der Waals surface area contributed by atoms with E-state index in [1.807, 2.05) is 24.1 Å². The third-order valence-electron chi connectivity index (χ3n) is 4.42. The van der Waals surface area contributed by atoms with Crippen molar-refractivity contribution < 1.29 is 19.1 Å². The van der Waals surface area contributed by atoms with E-state index in [2.05, 4.69) is 5.10 Å². The predicted molar refractivity (Wildman–Crippen MR) is 104 cm³/mol. The highest BCUT2D eigenvalue weighted by molar-refractivity contribution is 5.94. The lowest BCUT2D eigenvalue weighted by Gasteiger charge is -2.14. The van der Waals surface area contributed by atoms with Crippen molar-refractivity contribution >= 4 is 23.2 Å². The van der Waals surface area contributed by atoms with E-state index in [9.17, 15) is 9.59 Å². The summed E-state index contributed by atoms with van der Waals surface area (Å²) < 4.78 is 10.7. The van der Waals surface area contributed by atoms with E-state index in [1.54, 1.807) is 30.3 Å². The van der Waals surface area contributed by atoms with Gasteiger partial charge in [0.15, 0.2) is 5.78 Å². The highest BCUT2D eigenvalue weighted by Crippen LogP contribution is 2.23. The first-order chi connectivity index (χ1) is 13.0. The van der Waals surface area contributed by atoms with Crippen molar-refractivity contribution in [3.05, 3.63) is 59.2 Å². The molecule has 6 nitrogen and oxygen atoms in total. The van der Waals surface area contributed by atoms with Gasteiger partial charge in [-0.1, -0.05) is 0 Å². The molecule has 0 N–H and O–H groups in total. The molecule has 0 amide bonds. The number of carbonyl (C=O) groups excluding carboxylic acids is 2. The molecule has 6 heteroatoms. The number of esters is 1. The van der Waals surface area contributed by atoms with E-state index in [-0.39, 0.29) is 12.4 Å². The van der Waals surface area contributed by atoms with Crippen LogP contribution in [0.2, 0.25) is 0 Å². The predicted octanol–water partition coefficient (Wildman–Crippen LogP) is 3.84. The van der Waals surface area contributed by atoms with Crippen LogP contribution < -0.4 is 9.75 Å². The second-order valence-corrected chi connectivity index (χ2v) is 6.41. The zero-order chi connectivity index (χ0) is 19.4. The van der Waals surface area contributed by atoms with Gasteiger partial charge in [0.2, 0.25) is 0 Å². The maximum atomic E-state index is 12.3. The van der Waals surface area contributed by atoms with Gasteiger partial charge < -0.3 is 9.47 Å². The molecule has 0 spiro atoms. The smallest absolute Gasteiger partial charge is 0.338 e. The molecule has 0 aromatic heterocycles. The van der Waals surface area contributed by atoms with Crippen LogP contribution >= 0.6 is 0 Å². The molecular weight excluding hydrogens is 344 g/mol. The zero-order valence-corrected chi connectivity index (χ0v) is 15.7. The summed E-state index contributed by atoms with van der Waals surface area (Å²) in [6.45, 7) is 4.37. The van der Waals surface area contributed by atoms with E-state index in [1.165, 1.54) is 14.0 Å². The molecule has 0 bridgehead atoms. The number of nitrogens with zero attached hydrogens (tertiary/aromatic N) is 2.